The second-order valence-corrected chi connectivity index (χ2v) is 6.50. The Morgan fingerprint density at radius 1 is 1.25 bits per heavy atom. The molecule has 0 saturated carbocycles. The molecule has 2 rings (SSSR count). The summed E-state index contributed by atoms with van der Waals surface area (Å²) < 4.78 is 19.6. The highest BCUT2D eigenvalue weighted by molar-refractivity contribution is 9.10. The van der Waals surface area contributed by atoms with Gasteiger partial charge in [0, 0.05) is 11.0 Å². The average Bonchev–Trinajstić information content (AvgIpc) is 2.57. The Kier molecular flexibility index (Phi) is 6.34. The summed E-state index contributed by atoms with van der Waals surface area (Å²) >= 11 is 3.25. The summed E-state index contributed by atoms with van der Waals surface area (Å²) in [5.41, 5.74) is 1.06. The van der Waals surface area contributed by atoms with Crippen molar-refractivity contribution in [1.29, 1.82) is 0 Å². The minimum atomic E-state index is -0.540. The van der Waals surface area contributed by atoms with Crippen molar-refractivity contribution in [2.24, 2.45) is 0 Å². The van der Waals surface area contributed by atoms with Gasteiger partial charge in [-0.25, -0.2) is 4.39 Å². The molecule has 2 aromatic carbocycles. The van der Waals surface area contributed by atoms with Gasteiger partial charge in [-0.2, -0.15) is 0 Å². The molecular formula is C18H20BrFN2O2. The maximum atomic E-state index is 13.8. The fraction of sp³-hybridized carbons (Fsp3) is 0.278. The first-order valence-corrected chi connectivity index (χ1v) is 8.25. The first-order chi connectivity index (χ1) is 11.4. The highest BCUT2D eigenvalue weighted by atomic mass is 79.9. The molecule has 0 heterocycles. The van der Waals surface area contributed by atoms with E-state index in [9.17, 15) is 9.18 Å². The lowest BCUT2D eigenvalue weighted by Crippen LogP contribution is -2.34. The van der Waals surface area contributed by atoms with Gasteiger partial charge in [-0.15, -0.1) is 0 Å². The minimum absolute atomic E-state index is 0.0246. The number of carbonyl (C=O) groups is 1. The Hall–Kier alpha value is -1.92. The van der Waals surface area contributed by atoms with Crippen molar-refractivity contribution in [2.75, 3.05) is 27.7 Å². The van der Waals surface area contributed by atoms with Crippen LogP contribution in [-0.2, 0) is 0 Å². The normalized spacial score (nSPS) is 12.1. The second-order valence-electron chi connectivity index (χ2n) is 5.59. The van der Waals surface area contributed by atoms with Gasteiger partial charge in [0.1, 0.15) is 11.6 Å². The van der Waals surface area contributed by atoms with E-state index >= 15 is 0 Å². The lowest BCUT2D eigenvalue weighted by Gasteiger charge is -2.25. The van der Waals surface area contributed by atoms with E-state index in [1.165, 1.54) is 12.1 Å². The summed E-state index contributed by atoms with van der Waals surface area (Å²) in [6.45, 7) is 0.365. The Morgan fingerprint density at radius 3 is 2.50 bits per heavy atom. The summed E-state index contributed by atoms with van der Waals surface area (Å²) in [4.78, 5) is 14.3. The number of hydrogen-bond acceptors (Lipinski definition) is 3. The van der Waals surface area contributed by atoms with Crippen molar-refractivity contribution in [3.8, 4) is 5.75 Å². The summed E-state index contributed by atoms with van der Waals surface area (Å²) in [5, 5.41) is 2.80. The van der Waals surface area contributed by atoms with Crippen molar-refractivity contribution >= 4 is 21.8 Å². The highest BCUT2D eigenvalue weighted by Crippen LogP contribution is 2.21. The molecule has 0 aromatic heterocycles. The van der Waals surface area contributed by atoms with Gasteiger partial charge in [0.05, 0.1) is 18.7 Å². The van der Waals surface area contributed by atoms with Gasteiger partial charge in [-0.1, -0.05) is 28.1 Å². The van der Waals surface area contributed by atoms with E-state index in [0.29, 0.717) is 11.0 Å². The van der Waals surface area contributed by atoms with Crippen molar-refractivity contribution < 1.29 is 13.9 Å². The number of hydrogen-bond donors (Lipinski definition) is 1. The zero-order chi connectivity index (χ0) is 17.7. The van der Waals surface area contributed by atoms with Crippen LogP contribution in [0.25, 0.3) is 0 Å². The van der Waals surface area contributed by atoms with E-state index in [0.717, 1.165) is 11.3 Å². The topological polar surface area (TPSA) is 41.6 Å². The van der Waals surface area contributed by atoms with Crippen LogP contribution in [0.2, 0.25) is 0 Å². The molecule has 0 fully saturated rings. The molecule has 1 atom stereocenters. The molecule has 0 spiro atoms. The summed E-state index contributed by atoms with van der Waals surface area (Å²) in [7, 11) is 5.48. The first-order valence-electron chi connectivity index (χ1n) is 7.46. The van der Waals surface area contributed by atoms with E-state index in [1.54, 1.807) is 13.2 Å². The minimum Gasteiger partial charge on any atom is -0.497 e. The van der Waals surface area contributed by atoms with Gasteiger partial charge in [-0.3, -0.25) is 4.79 Å². The molecular weight excluding hydrogens is 375 g/mol. The largest absolute Gasteiger partial charge is 0.497 e. The molecule has 0 aliphatic carbocycles. The number of methoxy groups -OCH3 is 1. The predicted octanol–water partition coefficient (Wildman–Crippen LogP) is 3.63. The standard InChI is InChI=1S/C18H20BrFN2O2/c1-22(2)17(12-4-7-14(24-3)8-5-12)11-21-18(23)15-10-13(19)6-9-16(15)20/h4-10,17H,11H2,1-3H3,(H,21,23)/t17-/m0/s1. The molecule has 4 nitrogen and oxygen atoms in total. The van der Waals surface area contributed by atoms with Crippen LogP contribution < -0.4 is 10.1 Å². The quantitative estimate of drug-likeness (QED) is 0.813. The fourth-order valence-corrected chi connectivity index (χ4v) is 2.74. The number of benzene rings is 2. The Labute approximate surface area is 149 Å². The predicted molar refractivity (Wildman–Crippen MR) is 95.9 cm³/mol. The number of amides is 1. The van der Waals surface area contributed by atoms with Crippen molar-refractivity contribution in [3.63, 3.8) is 0 Å². The molecule has 128 valence electrons. The number of halogens is 2. The van der Waals surface area contributed by atoms with E-state index in [1.807, 2.05) is 43.3 Å². The zero-order valence-corrected chi connectivity index (χ0v) is 15.4. The van der Waals surface area contributed by atoms with E-state index < -0.39 is 11.7 Å². The third-order valence-corrected chi connectivity index (χ3v) is 4.25. The lowest BCUT2D eigenvalue weighted by atomic mass is 10.1. The molecule has 24 heavy (non-hydrogen) atoms. The van der Waals surface area contributed by atoms with E-state index in [2.05, 4.69) is 21.2 Å². The summed E-state index contributed by atoms with van der Waals surface area (Å²) in [5.74, 6) is -0.202. The van der Waals surface area contributed by atoms with Gasteiger partial charge in [0.25, 0.3) is 5.91 Å². The van der Waals surface area contributed by atoms with Crippen LogP contribution >= 0.6 is 15.9 Å². The SMILES string of the molecule is COc1ccc([C@H](CNC(=O)c2cc(Br)ccc2F)N(C)C)cc1. The van der Waals surface area contributed by atoms with Gasteiger partial charge in [0.2, 0.25) is 0 Å². The van der Waals surface area contributed by atoms with Crippen LogP contribution in [0.5, 0.6) is 5.75 Å². The third-order valence-electron chi connectivity index (χ3n) is 3.75. The molecule has 1 amide bonds. The Morgan fingerprint density at radius 2 is 1.92 bits per heavy atom. The van der Waals surface area contributed by atoms with Crippen LogP contribution in [0, 0.1) is 5.82 Å². The number of nitrogens with one attached hydrogen (secondary N) is 1. The Balaban J connectivity index is 2.10. The molecule has 6 heteroatoms. The van der Waals surface area contributed by atoms with Gasteiger partial charge >= 0.3 is 0 Å². The van der Waals surface area contributed by atoms with Crippen molar-refractivity contribution in [2.45, 2.75) is 6.04 Å². The van der Waals surface area contributed by atoms with Gasteiger partial charge in [0.15, 0.2) is 0 Å². The number of carbonyl (C=O) groups excluding carboxylic acids is 1. The van der Waals surface area contributed by atoms with Crippen LogP contribution in [0.4, 0.5) is 4.39 Å². The second kappa shape index (κ2) is 8.26. The Bertz CT molecular complexity index is 705. The van der Waals surface area contributed by atoms with Crippen molar-refractivity contribution in [3.05, 3.63) is 63.9 Å². The molecule has 0 radical (unpaired) electrons. The van der Waals surface area contributed by atoms with Crippen LogP contribution in [-0.4, -0.2) is 38.6 Å². The van der Waals surface area contributed by atoms with Crippen LogP contribution in [0.15, 0.2) is 46.9 Å². The van der Waals surface area contributed by atoms with Crippen LogP contribution in [0.1, 0.15) is 22.0 Å². The molecule has 0 saturated heterocycles. The maximum absolute atomic E-state index is 13.8. The summed E-state index contributed by atoms with van der Waals surface area (Å²) in [6.07, 6.45) is 0. The highest BCUT2D eigenvalue weighted by Gasteiger charge is 2.18. The number of likely N-dealkylation sites (N-methyl/N-ethyl adjacent to an activating group) is 1. The summed E-state index contributed by atoms with van der Waals surface area (Å²) in [6, 6.07) is 11.9. The third kappa shape index (κ3) is 4.55. The molecule has 1 N–H and O–H groups in total. The van der Waals surface area contributed by atoms with E-state index in [4.69, 9.17) is 4.74 Å². The molecule has 0 unspecified atom stereocenters. The maximum Gasteiger partial charge on any atom is 0.254 e. The monoisotopic (exact) mass is 394 g/mol. The van der Waals surface area contributed by atoms with Gasteiger partial charge in [-0.05, 0) is 50.0 Å². The average molecular weight is 395 g/mol. The van der Waals surface area contributed by atoms with Crippen LogP contribution in [0.3, 0.4) is 0 Å². The number of nitrogens with zero attached hydrogens (tertiary/aromatic N) is 1. The smallest absolute Gasteiger partial charge is 0.254 e. The lowest BCUT2D eigenvalue weighted by molar-refractivity contribution is 0.0938. The van der Waals surface area contributed by atoms with Gasteiger partial charge < -0.3 is 15.0 Å². The van der Waals surface area contributed by atoms with E-state index in [-0.39, 0.29) is 11.6 Å². The van der Waals surface area contributed by atoms with Crippen molar-refractivity contribution in [1.82, 2.24) is 10.2 Å². The number of ether oxygens (including phenoxy) is 1. The fourth-order valence-electron chi connectivity index (χ4n) is 2.38. The molecule has 0 aliphatic rings. The molecule has 0 aliphatic heterocycles. The number of rotatable bonds is 6. The molecule has 2 aromatic rings. The zero-order valence-electron chi connectivity index (χ0n) is 13.8. The molecule has 0 bridgehead atoms. The first kappa shape index (κ1) is 18.4.